The average molecular weight is 1200 g/mol. The molecule has 0 radical (unpaired) electrons. The number of aromatic nitrogens is 2. The second kappa shape index (κ2) is 25.1. The number of sulfone groups is 1. The first-order valence-corrected chi connectivity index (χ1v) is 30.9. The maximum Gasteiger partial charge on any atom is 0.501 e. The van der Waals surface area contributed by atoms with E-state index in [1.807, 2.05) is 47.2 Å². The smallest absolute Gasteiger partial charge is 0.380 e. The molecular formula is C56H63ClF4N10O7S3. The molecule has 4 heterocycles. The summed E-state index contributed by atoms with van der Waals surface area (Å²) < 4.78 is 114. The van der Waals surface area contributed by atoms with Crippen LogP contribution in [0.15, 0.2) is 123 Å². The van der Waals surface area contributed by atoms with Crippen LogP contribution in [-0.2, 0) is 31.2 Å². The SMILES string of the molecule is CC1(C)CCC(c2ccc(Cl)cc2)=C(CN2CCN(c3ccc(C(=O)NS(=O)(=O)c4ccc(N[C@H](CCN5CCN(Cc6cc(N7CCC(=O)NC7=O)c(F)nn6)CC5)CSc5ccccc5)c(S(=O)(=O)C(F)(F)F)c4)cc3)CC2)C1. The number of piperazine rings is 2. The van der Waals surface area contributed by atoms with Crippen LogP contribution in [0.2, 0.25) is 5.02 Å². The molecule has 9 rings (SSSR count). The summed E-state index contributed by atoms with van der Waals surface area (Å²) in [5.41, 5.74) is -0.987. The van der Waals surface area contributed by atoms with Gasteiger partial charge in [0.25, 0.3) is 31.7 Å². The molecule has 17 nitrogen and oxygen atoms in total. The van der Waals surface area contributed by atoms with Crippen LogP contribution in [0.4, 0.5) is 39.4 Å². The van der Waals surface area contributed by atoms with E-state index in [0.29, 0.717) is 69.0 Å². The molecule has 3 fully saturated rings. The van der Waals surface area contributed by atoms with Gasteiger partial charge in [-0.05, 0) is 115 Å². The molecule has 3 N–H and O–H groups in total. The van der Waals surface area contributed by atoms with Crippen molar-refractivity contribution in [3.63, 3.8) is 0 Å². The van der Waals surface area contributed by atoms with Gasteiger partial charge in [0.1, 0.15) is 10.6 Å². The van der Waals surface area contributed by atoms with E-state index in [1.54, 1.807) is 12.1 Å². The van der Waals surface area contributed by atoms with Crippen molar-refractivity contribution < 1.29 is 48.8 Å². The fourth-order valence-corrected chi connectivity index (χ4v) is 13.7. The molecule has 0 saturated carbocycles. The van der Waals surface area contributed by atoms with Crippen LogP contribution in [0, 0.1) is 11.4 Å². The van der Waals surface area contributed by atoms with Gasteiger partial charge in [-0.15, -0.1) is 16.9 Å². The van der Waals surface area contributed by atoms with Gasteiger partial charge in [0.15, 0.2) is 0 Å². The van der Waals surface area contributed by atoms with Gasteiger partial charge in [0.05, 0.1) is 16.3 Å². The zero-order valence-corrected chi connectivity index (χ0v) is 47.9. The fraction of sp³-hybridized carbons (Fsp3) is 0.411. The number of sulfonamides is 1. The lowest BCUT2D eigenvalue weighted by Crippen LogP contribution is -2.50. The number of amides is 4. The molecule has 3 saturated heterocycles. The van der Waals surface area contributed by atoms with Crippen LogP contribution in [0.3, 0.4) is 0 Å². The largest absolute Gasteiger partial charge is 0.501 e. The van der Waals surface area contributed by atoms with Crippen LogP contribution < -0.4 is 25.2 Å². The van der Waals surface area contributed by atoms with Gasteiger partial charge >= 0.3 is 11.5 Å². The number of nitrogens with one attached hydrogen (secondary N) is 3. The Kier molecular flexibility index (Phi) is 18.5. The molecule has 0 spiro atoms. The number of allylic oxidation sites excluding steroid dienone is 1. The molecule has 0 bridgehead atoms. The molecule has 1 atom stereocenters. The Hall–Kier alpha value is -6.15. The maximum atomic E-state index is 14.7. The van der Waals surface area contributed by atoms with Gasteiger partial charge in [-0.25, -0.2) is 26.4 Å². The number of nitrogens with zero attached hydrogens (tertiary/aromatic N) is 7. The Bertz CT molecular complexity index is 3360. The van der Waals surface area contributed by atoms with Crippen LogP contribution in [-0.4, -0.2) is 149 Å². The molecule has 432 valence electrons. The van der Waals surface area contributed by atoms with E-state index in [4.69, 9.17) is 11.6 Å². The van der Waals surface area contributed by atoms with Crippen molar-refractivity contribution in [2.75, 3.05) is 92.9 Å². The first-order chi connectivity index (χ1) is 38.5. The zero-order valence-electron chi connectivity index (χ0n) is 44.7. The third-order valence-electron chi connectivity index (χ3n) is 15.1. The van der Waals surface area contributed by atoms with Crippen molar-refractivity contribution in [3.8, 4) is 0 Å². The van der Waals surface area contributed by atoms with E-state index in [1.165, 1.54) is 46.7 Å². The number of carbonyl (C=O) groups is 3. The second-order valence-electron chi connectivity index (χ2n) is 21.4. The van der Waals surface area contributed by atoms with Crippen molar-refractivity contribution in [1.82, 2.24) is 34.9 Å². The quantitative estimate of drug-likeness (QED) is 0.0524. The van der Waals surface area contributed by atoms with Crippen LogP contribution in [0.25, 0.3) is 5.57 Å². The lowest BCUT2D eigenvalue weighted by molar-refractivity contribution is -0.120. The minimum atomic E-state index is -6.16. The van der Waals surface area contributed by atoms with E-state index in [-0.39, 0.29) is 41.9 Å². The Morgan fingerprint density at radius 3 is 2.15 bits per heavy atom. The van der Waals surface area contributed by atoms with Crippen LogP contribution in [0.1, 0.15) is 67.6 Å². The number of hydrogen-bond donors (Lipinski definition) is 3. The summed E-state index contributed by atoms with van der Waals surface area (Å²) in [5, 5.41) is 13.4. The highest BCUT2D eigenvalue weighted by atomic mass is 35.5. The maximum absolute atomic E-state index is 14.7. The first kappa shape index (κ1) is 59.5. The van der Waals surface area contributed by atoms with Gasteiger partial charge in [0, 0.05) is 118 Å². The highest BCUT2D eigenvalue weighted by Crippen LogP contribution is 2.43. The summed E-state index contributed by atoms with van der Waals surface area (Å²) >= 11 is 7.60. The standard InChI is InChI=1S/C56H63ClF4N10O7S3/c1-55(2)21-18-47(38-8-12-41(57)13-9-38)40(34-55)35-68-28-30-70(31-29-68)44-14-10-39(11-15-44)53(73)66-81(77,78)46-16-17-48(50(33-46)80(75,76)56(59,60)61)62-42(37-79-45-6-4-3-5-7-45)19-22-67-24-26-69(27-25-67)36-43-32-49(52(58)65-64-43)71-23-20-51(72)63-54(71)74/h3-17,32-33,42,62H,18-31,34-37H2,1-2H3,(H,66,73)(H,63,72,74)/t42-/m1/s1. The number of imide groups is 1. The minimum absolute atomic E-state index is 0.00162. The highest BCUT2D eigenvalue weighted by Gasteiger charge is 2.48. The van der Waals surface area contributed by atoms with E-state index < -0.39 is 70.7 Å². The number of benzene rings is 4. The molecular weight excluding hydrogens is 1130 g/mol. The monoisotopic (exact) mass is 1190 g/mol. The predicted molar refractivity (Wildman–Crippen MR) is 304 cm³/mol. The Labute approximate surface area is 478 Å². The Morgan fingerprint density at radius 2 is 1.47 bits per heavy atom. The number of halogens is 5. The number of urea groups is 1. The molecule has 25 heteroatoms. The summed E-state index contributed by atoms with van der Waals surface area (Å²) in [7, 11) is -11.1. The molecule has 4 aromatic carbocycles. The number of anilines is 3. The normalized spacial score (nSPS) is 18.4. The van der Waals surface area contributed by atoms with Crippen molar-refractivity contribution in [3.05, 3.63) is 136 Å². The first-order valence-electron chi connectivity index (χ1n) is 26.6. The number of thioether (sulfide) groups is 1. The van der Waals surface area contributed by atoms with Gasteiger partial charge in [-0.3, -0.25) is 29.6 Å². The van der Waals surface area contributed by atoms with Gasteiger partial charge in [-0.1, -0.05) is 61.4 Å². The summed E-state index contributed by atoms with van der Waals surface area (Å²) in [5.74, 6) is -2.20. The van der Waals surface area contributed by atoms with Gasteiger partial charge in [0.2, 0.25) is 5.91 Å². The van der Waals surface area contributed by atoms with Crippen LogP contribution in [0.5, 0.6) is 0 Å². The molecule has 5 aromatic rings. The average Bonchev–Trinajstić information content (AvgIpc) is 3.55. The number of hydrogen-bond acceptors (Lipinski definition) is 15. The highest BCUT2D eigenvalue weighted by molar-refractivity contribution is 7.99. The molecule has 1 aliphatic carbocycles. The van der Waals surface area contributed by atoms with Crippen molar-refractivity contribution in [1.29, 1.82) is 0 Å². The van der Waals surface area contributed by atoms with Crippen molar-refractivity contribution in [2.45, 2.75) is 78.7 Å². The lowest BCUT2D eigenvalue weighted by Gasteiger charge is -2.39. The Balaban J connectivity index is 0.835. The van der Waals surface area contributed by atoms with Gasteiger partial charge < -0.3 is 15.1 Å². The molecule has 3 aliphatic heterocycles. The third kappa shape index (κ3) is 14.9. The second-order valence-corrected chi connectivity index (χ2v) is 26.5. The predicted octanol–water partition coefficient (Wildman–Crippen LogP) is 8.69. The zero-order chi connectivity index (χ0) is 57.7. The lowest BCUT2D eigenvalue weighted by atomic mass is 9.73. The fourth-order valence-electron chi connectivity index (χ4n) is 10.5. The van der Waals surface area contributed by atoms with Gasteiger partial charge in [-0.2, -0.15) is 22.7 Å². The molecule has 1 aromatic heterocycles. The summed E-state index contributed by atoms with van der Waals surface area (Å²) in [4.78, 5) is 46.1. The van der Waals surface area contributed by atoms with Crippen molar-refractivity contribution >= 4 is 83.7 Å². The topological polar surface area (TPSA) is 198 Å². The summed E-state index contributed by atoms with van der Waals surface area (Å²) in [6, 6.07) is 25.9. The number of carbonyl (C=O) groups excluding carboxylic acids is 3. The molecule has 0 unspecified atom stereocenters. The van der Waals surface area contributed by atoms with E-state index in [2.05, 4.69) is 66.4 Å². The number of rotatable bonds is 19. The van der Waals surface area contributed by atoms with E-state index >= 15 is 0 Å². The summed E-state index contributed by atoms with van der Waals surface area (Å²) in [6.45, 7) is 11.4. The van der Waals surface area contributed by atoms with E-state index in [9.17, 15) is 48.8 Å². The summed E-state index contributed by atoms with van der Waals surface area (Å²) in [6.07, 6.45) is 3.43. The van der Waals surface area contributed by atoms with Crippen LogP contribution >= 0.6 is 23.4 Å². The molecule has 4 amide bonds. The number of alkyl halides is 3. The Morgan fingerprint density at radius 1 is 0.802 bits per heavy atom. The molecule has 4 aliphatic rings. The molecule has 81 heavy (non-hydrogen) atoms. The minimum Gasteiger partial charge on any atom is -0.380 e. The third-order valence-corrected chi connectivity index (χ3v) is 19.3. The van der Waals surface area contributed by atoms with E-state index in [0.717, 1.165) is 66.5 Å². The van der Waals surface area contributed by atoms with Crippen molar-refractivity contribution in [2.24, 2.45) is 5.41 Å².